The van der Waals surface area contributed by atoms with Gasteiger partial charge in [0.1, 0.15) is 12.1 Å². The van der Waals surface area contributed by atoms with Crippen LogP contribution in [-0.2, 0) is 5.41 Å². The van der Waals surface area contributed by atoms with Crippen molar-refractivity contribution in [1.82, 2.24) is 0 Å². The maximum Gasteiger partial charge on any atom is 0.150 e. The maximum atomic E-state index is 13.8. The Morgan fingerprint density at radius 1 is 1.00 bits per heavy atom. The summed E-state index contributed by atoms with van der Waals surface area (Å²) in [5, 5.41) is 0. The van der Waals surface area contributed by atoms with Crippen LogP contribution >= 0.6 is 0 Å². The first kappa shape index (κ1) is 13.5. The fraction of sp³-hybridized carbons (Fsp3) is 0.235. The lowest BCUT2D eigenvalue weighted by Crippen LogP contribution is -2.10. The standard InChI is InChI=1S/C17H17FO/c1-17(2,3)14-7-5-13(6-8-14)15-10-12(11-19)4-9-16(15)18/h4-11H,1-3H3. The van der Waals surface area contributed by atoms with Gasteiger partial charge in [-0.3, -0.25) is 4.79 Å². The van der Waals surface area contributed by atoms with Crippen molar-refractivity contribution in [2.24, 2.45) is 0 Å². The Bertz CT molecular complexity index is 592. The highest BCUT2D eigenvalue weighted by molar-refractivity contribution is 5.79. The van der Waals surface area contributed by atoms with Gasteiger partial charge in [0.2, 0.25) is 0 Å². The molecule has 0 unspecified atom stereocenters. The second kappa shape index (κ2) is 4.96. The van der Waals surface area contributed by atoms with Crippen LogP contribution in [0.25, 0.3) is 11.1 Å². The van der Waals surface area contributed by atoms with Crippen LogP contribution in [0.1, 0.15) is 36.7 Å². The van der Waals surface area contributed by atoms with Crippen molar-refractivity contribution in [3.63, 3.8) is 0 Å². The van der Waals surface area contributed by atoms with Crippen LogP contribution in [0.3, 0.4) is 0 Å². The molecule has 0 amide bonds. The summed E-state index contributed by atoms with van der Waals surface area (Å²) < 4.78 is 13.8. The van der Waals surface area contributed by atoms with E-state index in [0.29, 0.717) is 11.1 Å². The molecule has 1 nitrogen and oxygen atoms in total. The Labute approximate surface area is 113 Å². The monoisotopic (exact) mass is 256 g/mol. The molecule has 0 fully saturated rings. The summed E-state index contributed by atoms with van der Waals surface area (Å²) in [6, 6.07) is 12.2. The Morgan fingerprint density at radius 3 is 2.16 bits per heavy atom. The van der Waals surface area contributed by atoms with Gasteiger partial charge >= 0.3 is 0 Å². The molecule has 0 radical (unpaired) electrons. The molecule has 0 aromatic heterocycles. The van der Waals surface area contributed by atoms with Gasteiger partial charge in [0.25, 0.3) is 0 Å². The molecule has 0 spiro atoms. The minimum absolute atomic E-state index is 0.0711. The summed E-state index contributed by atoms with van der Waals surface area (Å²) in [4.78, 5) is 10.8. The number of hydrogen-bond donors (Lipinski definition) is 0. The first-order valence-electron chi connectivity index (χ1n) is 6.27. The van der Waals surface area contributed by atoms with Gasteiger partial charge in [-0.15, -0.1) is 0 Å². The number of carbonyl (C=O) groups is 1. The van der Waals surface area contributed by atoms with Gasteiger partial charge in [0, 0.05) is 11.1 Å². The summed E-state index contributed by atoms with van der Waals surface area (Å²) in [6.07, 6.45) is 0.729. The third-order valence-electron chi connectivity index (χ3n) is 3.19. The largest absolute Gasteiger partial charge is 0.298 e. The number of aldehydes is 1. The van der Waals surface area contributed by atoms with E-state index in [2.05, 4.69) is 20.8 Å². The highest BCUT2D eigenvalue weighted by Gasteiger charge is 2.14. The predicted octanol–water partition coefficient (Wildman–Crippen LogP) is 4.60. The van der Waals surface area contributed by atoms with Crippen LogP contribution in [0.4, 0.5) is 4.39 Å². The summed E-state index contributed by atoms with van der Waals surface area (Å²) in [6.45, 7) is 6.40. The van der Waals surface area contributed by atoms with E-state index < -0.39 is 0 Å². The minimum Gasteiger partial charge on any atom is -0.298 e. The zero-order chi connectivity index (χ0) is 14.0. The van der Waals surface area contributed by atoms with Crippen molar-refractivity contribution in [1.29, 1.82) is 0 Å². The molecule has 19 heavy (non-hydrogen) atoms. The number of halogens is 1. The number of rotatable bonds is 2. The molecule has 2 rings (SSSR count). The normalized spacial score (nSPS) is 11.4. The molecular formula is C17H17FO. The Morgan fingerprint density at radius 2 is 1.63 bits per heavy atom. The van der Waals surface area contributed by atoms with E-state index in [9.17, 15) is 9.18 Å². The molecule has 0 bridgehead atoms. The van der Waals surface area contributed by atoms with Gasteiger partial charge in [-0.2, -0.15) is 0 Å². The van der Waals surface area contributed by atoms with Crippen LogP contribution in [0.2, 0.25) is 0 Å². The molecule has 0 N–H and O–H groups in total. The molecule has 0 aliphatic carbocycles. The number of carbonyl (C=O) groups excluding carboxylic acids is 1. The molecule has 98 valence electrons. The van der Waals surface area contributed by atoms with Gasteiger partial charge in [-0.25, -0.2) is 4.39 Å². The lowest BCUT2D eigenvalue weighted by atomic mass is 9.86. The summed E-state index contributed by atoms with van der Waals surface area (Å²) >= 11 is 0. The van der Waals surface area contributed by atoms with E-state index in [1.165, 1.54) is 17.7 Å². The molecule has 0 heterocycles. The molecule has 0 saturated heterocycles. The van der Waals surface area contributed by atoms with Crippen molar-refractivity contribution >= 4 is 6.29 Å². The van der Waals surface area contributed by atoms with Crippen molar-refractivity contribution in [3.8, 4) is 11.1 Å². The second-order valence-electron chi connectivity index (χ2n) is 5.68. The number of hydrogen-bond acceptors (Lipinski definition) is 1. The molecule has 0 saturated carbocycles. The summed E-state index contributed by atoms with van der Waals surface area (Å²) in [5.41, 5.74) is 3.00. The van der Waals surface area contributed by atoms with E-state index in [1.54, 1.807) is 6.07 Å². The Hall–Kier alpha value is -1.96. The quantitative estimate of drug-likeness (QED) is 0.717. The average molecular weight is 256 g/mol. The van der Waals surface area contributed by atoms with Crippen LogP contribution in [0.15, 0.2) is 42.5 Å². The van der Waals surface area contributed by atoms with E-state index in [-0.39, 0.29) is 11.2 Å². The van der Waals surface area contributed by atoms with Crippen LogP contribution in [-0.4, -0.2) is 6.29 Å². The maximum absolute atomic E-state index is 13.8. The summed E-state index contributed by atoms with van der Waals surface area (Å²) in [7, 11) is 0. The second-order valence-corrected chi connectivity index (χ2v) is 5.68. The molecule has 0 aliphatic heterocycles. The topological polar surface area (TPSA) is 17.1 Å². The predicted molar refractivity (Wildman–Crippen MR) is 75.9 cm³/mol. The molecule has 2 aromatic rings. The van der Waals surface area contributed by atoms with Crippen LogP contribution in [0.5, 0.6) is 0 Å². The molecule has 0 atom stereocenters. The van der Waals surface area contributed by atoms with Crippen molar-refractivity contribution in [2.45, 2.75) is 26.2 Å². The van der Waals surface area contributed by atoms with Gasteiger partial charge in [0.15, 0.2) is 0 Å². The highest BCUT2D eigenvalue weighted by Crippen LogP contribution is 2.28. The van der Waals surface area contributed by atoms with E-state index >= 15 is 0 Å². The minimum atomic E-state index is -0.311. The van der Waals surface area contributed by atoms with Crippen LogP contribution < -0.4 is 0 Å². The molecular weight excluding hydrogens is 239 g/mol. The first-order chi connectivity index (χ1) is 8.91. The fourth-order valence-corrected chi connectivity index (χ4v) is 1.99. The van der Waals surface area contributed by atoms with Gasteiger partial charge in [-0.1, -0.05) is 45.0 Å². The fourth-order valence-electron chi connectivity index (χ4n) is 1.99. The molecule has 2 heteroatoms. The van der Waals surface area contributed by atoms with Gasteiger partial charge < -0.3 is 0 Å². The number of benzene rings is 2. The SMILES string of the molecule is CC(C)(C)c1ccc(-c2cc(C=O)ccc2F)cc1. The smallest absolute Gasteiger partial charge is 0.150 e. The Kier molecular flexibility index (Phi) is 3.52. The van der Waals surface area contributed by atoms with E-state index in [0.717, 1.165) is 11.8 Å². The lowest BCUT2D eigenvalue weighted by molar-refractivity contribution is 0.112. The Balaban J connectivity index is 2.45. The lowest BCUT2D eigenvalue weighted by Gasteiger charge is -2.19. The third kappa shape index (κ3) is 2.90. The van der Waals surface area contributed by atoms with E-state index in [1.807, 2.05) is 24.3 Å². The van der Waals surface area contributed by atoms with E-state index in [4.69, 9.17) is 0 Å². The van der Waals surface area contributed by atoms with Crippen molar-refractivity contribution < 1.29 is 9.18 Å². The first-order valence-corrected chi connectivity index (χ1v) is 6.27. The van der Waals surface area contributed by atoms with Crippen molar-refractivity contribution in [2.75, 3.05) is 0 Å². The molecule has 2 aromatic carbocycles. The highest BCUT2D eigenvalue weighted by atomic mass is 19.1. The zero-order valence-electron chi connectivity index (χ0n) is 11.4. The van der Waals surface area contributed by atoms with Gasteiger partial charge in [-0.05, 0) is 34.7 Å². The third-order valence-corrected chi connectivity index (χ3v) is 3.19. The zero-order valence-corrected chi connectivity index (χ0v) is 11.4. The van der Waals surface area contributed by atoms with Crippen LogP contribution in [0, 0.1) is 5.82 Å². The van der Waals surface area contributed by atoms with Gasteiger partial charge in [0.05, 0.1) is 0 Å². The average Bonchev–Trinajstić information content (AvgIpc) is 2.38. The van der Waals surface area contributed by atoms with Crippen molar-refractivity contribution in [3.05, 3.63) is 59.4 Å². The molecule has 0 aliphatic rings. The summed E-state index contributed by atoms with van der Waals surface area (Å²) in [5.74, 6) is -0.311.